The van der Waals surface area contributed by atoms with E-state index in [9.17, 15) is 0 Å². The van der Waals surface area contributed by atoms with E-state index in [1.54, 1.807) is 0 Å². The Hall–Kier alpha value is -1.06. The molecule has 0 bridgehead atoms. The monoisotopic (exact) mass is 314 g/mol. The number of fused-ring (bicyclic) bond motifs is 1. The van der Waals surface area contributed by atoms with E-state index in [1.807, 2.05) is 0 Å². The maximum atomic E-state index is 6.22. The normalized spacial score (nSPS) is 21.8. The van der Waals surface area contributed by atoms with E-state index in [-0.39, 0.29) is 6.10 Å². The maximum absolute atomic E-state index is 6.22. The third-order valence-electron chi connectivity index (χ3n) is 4.09. The molecule has 0 aliphatic carbocycles. The van der Waals surface area contributed by atoms with E-state index < -0.39 is 0 Å². The Labute approximate surface area is 134 Å². The van der Waals surface area contributed by atoms with Crippen LogP contribution in [-0.4, -0.2) is 11.5 Å². The van der Waals surface area contributed by atoms with Crippen LogP contribution in [0.3, 0.4) is 0 Å². The van der Waals surface area contributed by atoms with Crippen molar-refractivity contribution in [1.82, 2.24) is 0 Å². The van der Waals surface area contributed by atoms with Gasteiger partial charge in [0.25, 0.3) is 0 Å². The summed E-state index contributed by atoms with van der Waals surface area (Å²) in [5.74, 6) is 3.63. The molecular formula is C18H18OS2. The number of hydrogen-bond acceptors (Lipinski definition) is 3. The van der Waals surface area contributed by atoms with Crippen molar-refractivity contribution >= 4 is 23.5 Å². The van der Waals surface area contributed by atoms with Gasteiger partial charge in [-0.3, -0.25) is 0 Å². The summed E-state index contributed by atoms with van der Waals surface area (Å²) in [6.45, 7) is 0. The number of ether oxygens (including phenoxy) is 1. The first kappa shape index (κ1) is 13.6. The summed E-state index contributed by atoms with van der Waals surface area (Å²) in [6, 6.07) is 17.4. The van der Waals surface area contributed by atoms with Gasteiger partial charge in [-0.15, -0.1) is 23.5 Å². The molecule has 3 heteroatoms. The number of hydrogen-bond donors (Lipinski definition) is 0. The predicted molar refractivity (Wildman–Crippen MR) is 92.2 cm³/mol. The van der Waals surface area contributed by atoms with Crippen LogP contribution in [0.4, 0.5) is 0 Å². The molecule has 0 amide bonds. The van der Waals surface area contributed by atoms with Crippen LogP contribution in [0.5, 0.6) is 5.75 Å². The van der Waals surface area contributed by atoms with E-state index in [4.69, 9.17) is 4.74 Å². The van der Waals surface area contributed by atoms with Crippen molar-refractivity contribution in [2.24, 2.45) is 0 Å². The molecular weight excluding hydrogens is 296 g/mol. The molecule has 2 aliphatic heterocycles. The van der Waals surface area contributed by atoms with Crippen LogP contribution in [-0.2, 0) is 6.42 Å². The van der Waals surface area contributed by atoms with Crippen molar-refractivity contribution in [2.75, 3.05) is 11.5 Å². The highest BCUT2D eigenvalue weighted by Gasteiger charge is 2.24. The molecule has 1 saturated heterocycles. The van der Waals surface area contributed by atoms with Crippen LogP contribution < -0.4 is 4.74 Å². The molecule has 1 atom stereocenters. The lowest BCUT2D eigenvalue weighted by atomic mass is 9.96. The highest BCUT2D eigenvalue weighted by atomic mass is 32.2. The third-order valence-corrected chi connectivity index (χ3v) is 7.20. The summed E-state index contributed by atoms with van der Waals surface area (Å²) in [4.78, 5) is 0. The molecule has 2 aromatic rings. The minimum absolute atomic E-state index is 0.208. The molecule has 1 nitrogen and oxygen atoms in total. The Balaban J connectivity index is 1.56. The fraction of sp³-hybridized carbons (Fsp3) is 0.333. The second-order valence-electron chi connectivity index (χ2n) is 5.50. The molecule has 2 aliphatic rings. The minimum atomic E-state index is 0.208. The summed E-state index contributed by atoms with van der Waals surface area (Å²) in [6.07, 6.45) is 2.40. The quantitative estimate of drug-likeness (QED) is 0.751. The molecule has 2 heterocycles. The molecule has 0 radical (unpaired) electrons. The van der Waals surface area contributed by atoms with E-state index in [1.165, 1.54) is 28.2 Å². The van der Waals surface area contributed by atoms with Gasteiger partial charge in [-0.1, -0.05) is 42.5 Å². The van der Waals surface area contributed by atoms with Gasteiger partial charge in [0, 0.05) is 11.5 Å². The van der Waals surface area contributed by atoms with Gasteiger partial charge in [0.1, 0.15) is 11.9 Å². The fourth-order valence-corrected chi connectivity index (χ4v) is 5.85. The lowest BCUT2D eigenvalue weighted by molar-refractivity contribution is 0.176. The van der Waals surface area contributed by atoms with Crippen LogP contribution in [0.15, 0.2) is 48.5 Å². The van der Waals surface area contributed by atoms with Crippen LogP contribution in [0.25, 0.3) is 0 Å². The van der Waals surface area contributed by atoms with E-state index in [2.05, 4.69) is 72.1 Å². The second-order valence-corrected chi connectivity index (χ2v) is 8.22. The Morgan fingerprint density at radius 2 is 1.71 bits per heavy atom. The Morgan fingerprint density at radius 1 is 0.905 bits per heavy atom. The van der Waals surface area contributed by atoms with Crippen molar-refractivity contribution in [3.8, 4) is 5.75 Å². The van der Waals surface area contributed by atoms with Gasteiger partial charge in [0.05, 0.1) is 4.58 Å². The largest absolute Gasteiger partial charge is 0.485 e. The van der Waals surface area contributed by atoms with Gasteiger partial charge >= 0.3 is 0 Å². The van der Waals surface area contributed by atoms with Gasteiger partial charge in [0.15, 0.2) is 0 Å². The fourth-order valence-electron chi connectivity index (χ4n) is 3.01. The summed E-state index contributed by atoms with van der Waals surface area (Å²) in [5, 5.41) is 0. The standard InChI is InChI=1S/C18H18OS2/c1-2-4-13(5-3-1)16-8-6-14-12-15(7-9-17(14)19-16)18-20-10-11-21-18/h1-5,7,9,12,16,18H,6,8,10-11H2. The van der Waals surface area contributed by atoms with Gasteiger partial charge < -0.3 is 4.74 Å². The zero-order valence-electron chi connectivity index (χ0n) is 11.8. The molecule has 0 saturated carbocycles. The molecule has 2 aromatic carbocycles. The SMILES string of the molecule is c1ccc(C2CCc3cc(C4SCCS4)ccc3O2)cc1. The minimum Gasteiger partial charge on any atom is -0.485 e. The number of thioether (sulfide) groups is 2. The van der Waals surface area contributed by atoms with E-state index in [0.29, 0.717) is 4.58 Å². The highest BCUT2D eigenvalue weighted by molar-refractivity contribution is 8.19. The first-order chi connectivity index (χ1) is 10.4. The number of rotatable bonds is 2. The summed E-state index contributed by atoms with van der Waals surface area (Å²) in [7, 11) is 0. The zero-order chi connectivity index (χ0) is 14.1. The summed E-state index contributed by atoms with van der Waals surface area (Å²) >= 11 is 4.13. The smallest absolute Gasteiger partial charge is 0.124 e. The first-order valence-electron chi connectivity index (χ1n) is 7.48. The van der Waals surface area contributed by atoms with Crippen LogP contribution in [0, 0.1) is 0 Å². The summed E-state index contributed by atoms with van der Waals surface area (Å²) in [5.41, 5.74) is 4.13. The Bertz CT molecular complexity index is 620. The van der Waals surface area contributed by atoms with Gasteiger partial charge in [-0.25, -0.2) is 0 Å². The molecule has 0 aromatic heterocycles. The molecule has 1 unspecified atom stereocenters. The van der Waals surface area contributed by atoms with Crippen LogP contribution >= 0.6 is 23.5 Å². The van der Waals surface area contributed by atoms with Crippen molar-refractivity contribution in [2.45, 2.75) is 23.5 Å². The third kappa shape index (κ3) is 2.82. The van der Waals surface area contributed by atoms with Crippen molar-refractivity contribution in [3.05, 3.63) is 65.2 Å². The van der Waals surface area contributed by atoms with E-state index in [0.717, 1.165) is 18.6 Å². The Morgan fingerprint density at radius 3 is 2.52 bits per heavy atom. The Kier molecular flexibility index (Phi) is 3.87. The lowest BCUT2D eigenvalue weighted by Crippen LogP contribution is -2.15. The molecule has 0 spiro atoms. The maximum Gasteiger partial charge on any atom is 0.124 e. The molecule has 108 valence electrons. The molecule has 4 rings (SSSR count). The van der Waals surface area contributed by atoms with Crippen LogP contribution in [0.2, 0.25) is 0 Å². The molecule has 0 N–H and O–H groups in total. The first-order valence-corrected chi connectivity index (χ1v) is 9.57. The average molecular weight is 314 g/mol. The van der Waals surface area contributed by atoms with E-state index >= 15 is 0 Å². The molecule has 1 fully saturated rings. The van der Waals surface area contributed by atoms with Crippen LogP contribution in [0.1, 0.15) is 33.8 Å². The number of benzene rings is 2. The highest BCUT2D eigenvalue weighted by Crippen LogP contribution is 2.46. The van der Waals surface area contributed by atoms with Gasteiger partial charge in [-0.05, 0) is 35.6 Å². The molecule has 21 heavy (non-hydrogen) atoms. The number of aryl methyl sites for hydroxylation is 1. The van der Waals surface area contributed by atoms with Gasteiger partial charge in [0.2, 0.25) is 0 Å². The summed E-state index contributed by atoms with van der Waals surface area (Å²) < 4.78 is 6.85. The van der Waals surface area contributed by atoms with Crippen molar-refractivity contribution in [1.29, 1.82) is 0 Å². The average Bonchev–Trinajstić information content (AvgIpc) is 3.09. The van der Waals surface area contributed by atoms with Gasteiger partial charge in [-0.2, -0.15) is 0 Å². The zero-order valence-corrected chi connectivity index (χ0v) is 13.5. The topological polar surface area (TPSA) is 9.23 Å². The van der Waals surface area contributed by atoms with Crippen molar-refractivity contribution in [3.63, 3.8) is 0 Å². The lowest BCUT2D eigenvalue weighted by Gasteiger charge is -2.27. The van der Waals surface area contributed by atoms with Crippen molar-refractivity contribution < 1.29 is 4.74 Å². The second kappa shape index (κ2) is 5.98. The predicted octanol–water partition coefficient (Wildman–Crippen LogP) is 5.23.